The van der Waals surface area contributed by atoms with Crippen molar-refractivity contribution in [2.24, 2.45) is 10.7 Å². The van der Waals surface area contributed by atoms with Crippen LogP contribution < -0.4 is 5.73 Å². The highest BCUT2D eigenvalue weighted by Crippen LogP contribution is 1.93. The van der Waals surface area contributed by atoms with Crippen molar-refractivity contribution in [3.05, 3.63) is 24.4 Å². The van der Waals surface area contributed by atoms with E-state index < -0.39 is 0 Å². The van der Waals surface area contributed by atoms with Crippen molar-refractivity contribution in [1.29, 1.82) is 0 Å². The number of nitrogens with two attached hydrogens (primary N) is 1. The summed E-state index contributed by atoms with van der Waals surface area (Å²) >= 11 is 0. The lowest BCUT2D eigenvalue weighted by atomic mass is 10.4. The van der Waals surface area contributed by atoms with Crippen molar-refractivity contribution in [2.75, 3.05) is 0 Å². The van der Waals surface area contributed by atoms with E-state index in [0.717, 1.165) is 5.70 Å². The Morgan fingerprint density at radius 1 is 1.75 bits per heavy atom. The molecule has 0 aliphatic carbocycles. The summed E-state index contributed by atoms with van der Waals surface area (Å²) in [5.41, 5.74) is 5.80. The number of hydrogen-bond donors (Lipinski definition) is 1. The summed E-state index contributed by atoms with van der Waals surface area (Å²) in [4.78, 5) is 3.76. The second-order valence-electron chi connectivity index (χ2n) is 1.20. The standard InChI is InChI=1S/C6H10N2/c1-3-6(4-2)8-5-7/h3-5H,1H2,2H3,(H2,7,8)/b6-4-. The highest BCUT2D eigenvalue weighted by atomic mass is 14.8. The summed E-state index contributed by atoms with van der Waals surface area (Å²) in [7, 11) is 0. The minimum absolute atomic E-state index is 0.799. The molecule has 0 aliphatic heterocycles. The molecule has 0 amide bonds. The van der Waals surface area contributed by atoms with Crippen molar-refractivity contribution in [1.82, 2.24) is 0 Å². The van der Waals surface area contributed by atoms with Gasteiger partial charge in [0.05, 0.1) is 12.0 Å². The minimum Gasteiger partial charge on any atom is -0.390 e. The van der Waals surface area contributed by atoms with E-state index in [9.17, 15) is 0 Å². The average Bonchev–Trinajstić information content (AvgIpc) is 1.83. The van der Waals surface area contributed by atoms with Crippen LogP contribution in [0.3, 0.4) is 0 Å². The van der Waals surface area contributed by atoms with Crippen LogP contribution in [0.25, 0.3) is 0 Å². The van der Waals surface area contributed by atoms with Gasteiger partial charge in [-0.15, -0.1) is 0 Å². The lowest BCUT2D eigenvalue weighted by Gasteiger charge is -1.84. The molecule has 0 fully saturated rings. The van der Waals surface area contributed by atoms with Gasteiger partial charge >= 0.3 is 0 Å². The Morgan fingerprint density at radius 2 is 2.38 bits per heavy atom. The molecule has 2 nitrogen and oxygen atoms in total. The molecular weight excluding hydrogens is 100 g/mol. The van der Waals surface area contributed by atoms with Gasteiger partial charge in [-0.25, -0.2) is 4.99 Å². The van der Waals surface area contributed by atoms with Crippen molar-refractivity contribution < 1.29 is 0 Å². The zero-order chi connectivity index (χ0) is 6.41. The molecule has 8 heavy (non-hydrogen) atoms. The number of aliphatic imine (C=N–C) groups is 1. The second kappa shape index (κ2) is 4.12. The first kappa shape index (κ1) is 6.95. The van der Waals surface area contributed by atoms with E-state index in [2.05, 4.69) is 11.6 Å². The lowest BCUT2D eigenvalue weighted by Crippen LogP contribution is -1.87. The molecule has 0 unspecified atom stereocenters. The number of hydrogen-bond acceptors (Lipinski definition) is 1. The Balaban J connectivity index is 3.91. The molecule has 0 heterocycles. The Kier molecular flexibility index (Phi) is 3.58. The molecule has 2 heteroatoms. The molecule has 0 rings (SSSR count). The van der Waals surface area contributed by atoms with Gasteiger partial charge in [0.2, 0.25) is 0 Å². The van der Waals surface area contributed by atoms with E-state index >= 15 is 0 Å². The van der Waals surface area contributed by atoms with E-state index in [1.165, 1.54) is 6.34 Å². The number of nitrogens with zero attached hydrogens (tertiary/aromatic N) is 1. The first-order valence-corrected chi connectivity index (χ1v) is 2.38. The van der Waals surface area contributed by atoms with Crippen LogP contribution in [-0.2, 0) is 0 Å². The van der Waals surface area contributed by atoms with Crippen molar-refractivity contribution in [3.63, 3.8) is 0 Å². The maximum Gasteiger partial charge on any atom is 0.0860 e. The van der Waals surface area contributed by atoms with Crippen LogP contribution in [0.4, 0.5) is 0 Å². The molecule has 2 N–H and O–H groups in total. The third-order valence-corrected chi connectivity index (χ3v) is 0.729. The Bertz CT molecular complexity index is 122. The van der Waals surface area contributed by atoms with E-state index in [4.69, 9.17) is 5.73 Å². The third kappa shape index (κ3) is 2.18. The Hall–Kier alpha value is -1.05. The highest BCUT2D eigenvalue weighted by Gasteiger charge is 1.75. The zero-order valence-corrected chi connectivity index (χ0v) is 4.96. The molecule has 0 aromatic heterocycles. The van der Waals surface area contributed by atoms with Crippen LogP contribution in [0.5, 0.6) is 0 Å². The molecule has 0 saturated carbocycles. The van der Waals surface area contributed by atoms with Crippen LogP contribution >= 0.6 is 0 Å². The highest BCUT2D eigenvalue weighted by molar-refractivity contribution is 5.54. The van der Waals surface area contributed by atoms with E-state index in [1.807, 2.05) is 13.0 Å². The fourth-order valence-electron chi connectivity index (χ4n) is 0.331. The van der Waals surface area contributed by atoms with E-state index in [0.29, 0.717) is 0 Å². The summed E-state index contributed by atoms with van der Waals surface area (Å²) in [6.07, 6.45) is 4.72. The van der Waals surface area contributed by atoms with Crippen LogP contribution in [0.15, 0.2) is 29.4 Å². The summed E-state index contributed by atoms with van der Waals surface area (Å²) < 4.78 is 0. The minimum atomic E-state index is 0.799. The van der Waals surface area contributed by atoms with Crippen LogP contribution in [0.1, 0.15) is 6.92 Å². The molecule has 0 aromatic rings. The second-order valence-corrected chi connectivity index (χ2v) is 1.20. The van der Waals surface area contributed by atoms with Crippen LogP contribution in [-0.4, -0.2) is 6.34 Å². The predicted molar refractivity (Wildman–Crippen MR) is 36.6 cm³/mol. The van der Waals surface area contributed by atoms with Crippen molar-refractivity contribution in [2.45, 2.75) is 6.92 Å². The molecule has 0 saturated heterocycles. The summed E-state index contributed by atoms with van der Waals surface area (Å²) in [6.45, 7) is 5.39. The number of allylic oxidation sites excluding steroid dienone is 2. The molecular formula is C6H10N2. The predicted octanol–water partition coefficient (Wildman–Crippen LogP) is 1.06. The largest absolute Gasteiger partial charge is 0.390 e. The quantitative estimate of drug-likeness (QED) is 0.322. The maximum absolute atomic E-state index is 5.00. The first-order chi connectivity index (χ1) is 3.85. The van der Waals surface area contributed by atoms with Gasteiger partial charge in [0.1, 0.15) is 0 Å². The zero-order valence-electron chi connectivity index (χ0n) is 4.96. The van der Waals surface area contributed by atoms with Crippen molar-refractivity contribution >= 4 is 6.34 Å². The van der Waals surface area contributed by atoms with E-state index in [1.54, 1.807) is 6.08 Å². The molecule has 44 valence electrons. The SMILES string of the molecule is C=C/C(=C/C)N=CN. The van der Waals surface area contributed by atoms with Gasteiger partial charge < -0.3 is 5.73 Å². The smallest absolute Gasteiger partial charge is 0.0860 e. The Morgan fingerprint density at radius 3 is 2.50 bits per heavy atom. The fourth-order valence-corrected chi connectivity index (χ4v) is 0.331. The number of rotatable bonds is 2. The summed E-state index contributed by atoms with van der Waals surface area (Å²) in [6, 6.07) is 0. The summed E-state index contributed by atoms with van der Waals surface area (Å²) in [5, 5.41) is 0. The van der Waals surface area contributed by atoms with Crippen LogP contribution in [0, 0.1) is 0 Å². The van der Waals surface area contributed by atoms with Crippen LogP contribution in [0.2, 0.25) is 0 Å². The molecule has 0 spiro atoms. The molecule has 0 bridgehead atoms. The van der Waals surface area contributed by atoms with Gasteiger partial charge in [-0.1, -0.05) is 12.7 Å². The topological polar surface area (TPSA) is 38.4 Å². The van der Waals surface area contributed by atoms with Gasteiger partial charge in [0.15, 0.2) is 0 Å². The van der Waals surface area contributed by atoms with Gasteiger partial charge in [-0.2, -0.15) is 0 Å². The van der Waals surface area contributed by atoms with E-state index in [-0.39, 0.29) is 0 Å². The summed E-state index contributed by atoms with van der Waals surface area (Å²) in [5.74, 6) is 0. The van der Waals surface area contributed by atoms with Crippen molar-refractivity contribution in [3.8, 4) is 0 Å². The van der Waals surface area contributed by atoms with Gasteiger partial charge in [0.25, 0.3) is 0 Å². The average molecular weight is 110 g/mol. The fraction of sp³-hybridized carbons (Fsp3) is 0.167. The third-order valence-electron chi connectivity index (χ3n) is 0.729. The Labute approximate surface area is 49.4 Å². The molecule has 0 aromatic carbocycles. The maximum atomic E-state index is 5.00. The molecule has 0 atom stereocenters. The molecule has 0 aliphatic rings. The monoisotopic (exact) mass is 110 g/mol. The van der Waals surface area contributed by atoms with Gasteiger partial charge in [-0.3, -0.25) is 0 Å². The normalized spacial score (nSPS) is 12.4. The van der Waals surface area contributed by atoms with Gasteiger partial charge in [-0.05, 0) is 13.0 Å². The van der Waals surface area contributed by atoms with Gasteiger partial charge in [0, 0.05) is 0 Å². The first-order valence-electron chi connectivity index (χ1n) is 2.38. The molecule has 0 radical (unpaired) electrons. The lowest BCUT2D eigenvalue weighted by molar-refractivity contribution is 1.39.